The van der Waals surface area contributed by atoms with Gasteiger partial charge in [-0.3, -0.25) is 14.5 Å². The second kappa shape index (κ2) is 6.31. The molecule has 7 heteroatoms. The van der Waals surface area contributed by atoms with Crippen molar-refractivity contribution < 1.29 is 0 Å². The van der Waals surface area contributed by atoms with Crippen LogP contribution in [0.2, 0.25) is 0 Å². The lowest BCUT2D eigenvalue weighted by molar-refractivity contribution is 0.246. The molecule has 0 aromatic carbocycles. The molecule has 22 heavy (non-hydrogen) atoms. The molecule has 2 aromatic rings. The number of rotatable bonds is 4. The van der Waals surface area contributed by atoms with E-state index in [1.54, 1.807) is 17.0 Å². The average Bonchev–Trinajstić information content (AvgIpc) is 2.93. The maximum Gasteiger partial charge on any atom is 0.325 e. The monoisotopic (exact) mass is 302 g/mol. The van der Waals surface area contributed by atoms with Crippen molar-refractivity contribution in [3.63, 3.8) is 0 Å². The number of nitrogens with one attached hydrogen (secondary N) is 1. The molecule has 3 heterocycles. The lowest BCUT2D eigenvalue weighted by atomic mass is 10.3. The van der Waals surface area contributed by atoms with Gasteiger partial charge in [0.25, 0.3) is 0 Å². The molecule has 118 valence electrons. The molecule has 1 fully saturated rings. The number of piperazine rings is 1. The standard InChI is InChI=1S/C15H22N6O/c1-12-11-17-13(2)14(18-12)20-8-5-19(6-9-20)7-10-21-4-3-16-15(21)22/h3-4,11H,5-10H2,1-2H3,(H,16,22). The predicted octanol–water partition coefficient (Wildman–Crippen LogP) is 0.405. The molecular weight excluding hydrogens is 280 g/mol. The zero-order valence-electron chi connectivity index (χ0n) is 13.1. The van der Waals surface area contributed by atoms with E-state index in [0.717, 1.165) is 56.5 Å². The van der Waals surface area contributed by atoms with Crippen LogP contribution in [-0.4, -0.2) is 57.1 Å². The Balaban J connectivity index is 1.55. The molecule has 0 spiro atoms. The van der Waals surface area contributed by atoms with Crippen molar-refractivity contribution in [2.45, 2.75) is 20.4 Å². The summed E-state index contributed by atoms with van der Waals surface area (Å²) in [5.74, 6) is 1.00. The second-order valence-electron chi connectivity index (χ2n) is 5.71. The molecule has 1 aliphatic heterocycles. The number of nitrogens with zero attached hydrogens (tertiary/aromatic N) is 5. The van der Waals surface area contributed by atoms with Gasteiger partial charge in [0.1, 0.15) is 5.82 Å². The molecule has 1 saturated heterocycles. The Morgan fingerprint density at radius 1 is 1.18 bits per heavy atom. The summed E-state index contributed by atoms with van der Waals surface area (Å²) in [6, 6.07) is 0. The summed E-state index contributed by atoms with van der Waals surface area (Å²) in [5, 5.41) is 0. The van der Waals surface area contributed by atoms with E-state index >= 15 is 0 Å². The molecular formula is C15H22N6O. The van der Waals surface area contributed by atoms with E-state index in [4.69, 9.17) is 0 Å². The molecule has 0 unspecified atom stereocenters. The van der Waals surface area contributed by atoms with Gasteiger partial charge in [-0.05, 0) is 13.8 Å². The number of aryl methyl sites for hydroxylation is 2. The summed E-state index contributed by atoms with van der Waals surface area (Å²) in [5.41, 5.74) is 1.90. The smallest absolute Gasteiger partial charge is 0.325 e. The third-order valence-electron chi connectivity index (χ3n) is 4.10. The molecule has 0 amide bonds. The topological polar surface area (TPSA) is 70.1 Å². The predicted molar refractivity (Wildman–Crippen MR) is 85.2 cm³/mol. The van der Waals surface area contributed by atoms with Gasteiger partial charge < -0.3 is 9.88 Å². The van der Waals surface area contributed by atoms with E-state index in [-0.39, 0.29) is 5.69 Å². The largest absolute Gasteiger partial charge is 0.353 e. The number of aromatic nitrogens is 4. The molecule has 0 aliphatic carbocycles. The van der Waals surface area contributed by atoms with Crippen LogP contribution in [0.25, 0.3) is 0 Å². The molecule has 3 rings (SSSR count). The number of H-pyrrole nitrogens is 1. The third kappa shape index (κ3) is 3.19. The maximum absolute atomic E-state index is 11.5. The zero-order valence-corrected chi connectivity index (χ0v) is 13.1. The van der Waals surface area contributed by atoms with E-state index in [1.807, 2.05) is 20.0 Å². The van der Waals surface area contributed by atoms with Crippen LogP contribution in [0.4, 0.5) is 5.82 Å². The number of hydrogen-bond acceptors (Lipinski definition) is 5. The first-order valence-corrected chi connectivity index (χ1v) is 7.65. The number of hydrogen-bond donors (Lipinski definition) is 1. The summed E-state index contributed by atoms with van der Waals surface area (Å²) in [6.07, 6.45) is 5.29. The molecule has 1 aliphatic rings. The number of imidazole rings is 1. The minimum absolute atomic E-state index is 0.0377. The third-order valence-corrected chi connectivity index (χ3v) is 4.10. The molecule has 1 N–H and O–H groups in total. The van der Waals surface area contributed by atoms with Gasteiger partial charge in [-0.15, -0.1) is 0 Å². The maximum atomic E-state index is 11.5. The summed E-state index contributed by atoms with van der Waals surface area (Å²) in [6.45, 7) is 9.45. The van der Waals surface area contributed by atoms with Gasteiger partial charge in [-0.1, -0.05) is 0 Å². The highest BCUT2D eigenvalue weighted by atomic mass is 16.1. The van der Waals surface area contributed by atoms with E-state index in [0.29, 0.717) is 0 Å². The van der Waals surface area contributed by atoms with Crippen molar-refractivity contribution in [2.24, 2.45) is 0 Å². The summed E-state index contributed by atoms with van der Waals surface area (Å²) >= 11 is 0. The SMILES string of the molecule is Cc1cnc(C)c(N2CCN(CCn3cc[nH]c3=O)CC2)n1. The molecule has 0 bridgehead atoms. The fourth-order valence-electron chi connectivity index (χ4n) is 2.78. The average molecular weight is 302 g/mol. The normalized spacial score (nSPS) is 16.2. The van der Waals surface area contributed by atoms with E-state index in [2.05, 4.69) is 24.8 Å². The molecule has 0 atom stereocenters. The van der Waals surface area contributed by atoms with Gasteiger partial charge in [0.15, 0.2) is 0 Å². The summed E-state index contributed by atoms with van der Waals surface area (Å²) in [7, 11) is 0. The van der Waals surface area contributed by atoms with Crippen LogP contribution in [-0.2, 0) is 6.54 Å². The minimum atomic E-state index is -0.0377. The lowest BCUT2D eigenvalue weighted by Gasteiger charge is -2.35. The van der Waals surface area contributed by atoms with E-state index in [1.165, 1.54) is 0 Å². The second-order valence-corrected chi connectivity index (χ2v) is 5.71. The quantitative estimate of drug-likeness (QED) is 0.885. The van der Waals surface area contributed by atoms with Crippen molar-refractivity contribution in [3.05, 3.63) is 40.5 Å². The highest BCUT2D eigenvalue weighted by molar-refractivity contribution is 5.43. The van der Waals surface area contributed by atoms with Crippen LogP contribution in [0.15, 0.2) is 23.4 Å². The molecule has 0 saturated carbocycles. The van der Waals surface area contributed by atoms with Crippen LogP contribution >= 0.6 is 0 Å². The van der Waals surface area contributed by atoms with Gasteiger partial charge in [0.2, 0.25) is 0 Å². The Bertz CT molecular complexity index is 683. The first-order valence-electron chi connectivity index (χ1n) is 7.65. The van der Waals surface area contributed by atoms with Gasteiger partial charge in [0.05, 0.1) is 11.4 Å². The van der Waals surface area contributed by atoms with Gasteiger partial charge in [-0.2, -0.15) is 0 Å². The minimum Gasteiger partial charge on any atom is -0.353 e. The lowest BCUT2D eigenvalue weighted by Crippen LogP contribution is -2.48. The van der Waals surface area contributed by atoms with E-state index < -0.39 is 0 Å². The Morgan fingerprint density at radius 3 is 2.64 bits per heavy atom. The van der Waals surface area contributed by atoms with Crippen molar-refractivity contribution in [1.82, 2.24) is 24.4 Å². The van der Waals surface area contributed by atoms with Crippen LogP contribution in [0.3, 0.4) is 0 Å². The molecule has 0 radical (unpaired) electrons. The van der Waals surface area contributed by atoms with Crippen molar-refractivity contribution >= 4 is 5.82 Å². The van der Waals surface area contributed by atoms with Crippen LogP contribution in [0.1, 0.15) is 11.4 Å². The van der Waals surface area contributed by atoms with Gasteiger partial charge in [0, 0.05) is 57.9 Å². The van der Waals surface area contributed by atoms with Crippen LogP contribution in [0, 0.1) is 13.8 Å². The molecule has 7 nitrogen and oxygen atoms in total. The first-order chi connectivity index (χ1) is 10.6. The number of anilines is 1. The molecule has 2 aromatic heterocycles. The first kappa shape index (κ1) is 14.8. The van der Waals surface area contributed by atoms with Crippen molar-refractivity contribution in [3.8, 4) is 0 Å². The Kier molecular flexibility index (Phi) is 4.24. The fourth-order valence-corrected chi connectivity index (χ4v) is 2.78. The summed E-state index contributed by atoms with van der Waals surface area (Å²) < 4.78 is 1.71. The fraction of sp³-hybridized carbons (Fsp3) is 0.533. The van der Waals surface area contributed by atoms with Crippen LogP contribution in [0.5, 0.6) is 0 Å². The van der Waals surface area contributed by atoms with Gasteiger partial charge in [-0.25, -0.2) is 9.78 Å². The summed E-state index contributed by atoms with van der Waals surface area (Å²) in [4.78, 5) is 27.8. The Hall–Kier alpha value is -2.15. The highest BCUT2D eigenvalue weighted by Gasteiger charge is 2.19. The van der Waals surface area contributed by atoms with Crippen molar-refractivity contribution in [1.29, 1.82) is 0 Å². The highest BCUT2D eigenvalue weighted by Crippen LogP contribution is 2.17. The zero-order chi connectivity index (χ0) is 15.5. The Labute approximate surface area is 129 Å². The van der Waals surface area contributed by atoms with Crippen molar-refractivity contribution in [2.75, 3.05) is 37.6 Å². The number of aromatic amines is 1. The van der Waals surface area contributed by atoms with Crippen LogP contribution < -0.4 is 10.6 Å². The van der Waals surface area contributed by atoms with Gasteiger partial charge >= 0.3 is 5.69 Å². The Morgan fingerprint density at radius 2 is 1.95 bits per heavy atom. The van der Waals surface area contributed by atoms with E-state index in [9.17, 15) is 4.79 Å².